The molecule has 7 heteroatoms. The maximum atomic E-state index is 12.0. The smallest absolute Gasteiger partial charge is 0.346 e. The molecule has 0 fully saturated rings. The van der Waals surface area contributed by atoms with Crippen LogP contribution in [0.25, 0.3) is 0 Å². The number of carbonyl (C=O) groups is 1. The summed E-state index contributed by atoms with van der Waals surface area (Å²) < 4.78 is 36.1. The van der Waals surface area contributed by atoms with Crippen molar-refractivity contribution in [2.75, 3.05) is 13.6 Å². The summed E-state index contributed by atoms with van der Waals surface area (Å²) in [6, 6.07) is 0. The lowest BCUT2D eigenvalue weighted by Gasteiger charge is -2.17. The Labute approximate surface area is 116 Å². The standard InChI is InChI=1S/C13H20F3N3O/c1-9-11(10(2)18-17-9)5-4-8-19(3)12(20)6-7-13(14,15)16/h4-8H2,1-3H3,(H,17,18). The molecule has 0 saturated heterocycles. The number of halogens is 3. The van der Waals surface area contributed by atoms with Gasteiger partial charge in [-0.05, 0) is 32.3 Å². The molecule has 1 N–H and O–H groups in total. The molecular formula is C13H20F3N3O. The molecule has 0 unspecified atom stereocenters. The fraction of sp³-hybridized carbons (Fsp3) is 0.692. The van der Waals surface area contributed by atoms with Gasteiger partial charge in [-0.3, -0.25) is 9.89 Å². The molecule has 1 heterocycles. The Kier molecular flexibility index (Phi) is 5.59. The topological polar surface area (TPSA) is 49.0 Å². The van der Waals surface area contributed by atoms with Crippen LogP contribution < -0.4 is 0 Å². The van der Waals surface area contributed by atoms with Gasteiger partial charge in [0, 0.05) is 25.7 Å². The lowest BCUT2D eigenvalue weighted by molar-refractivity contribution is -0.148. The summed E-state index contributed by atoms with van der Waals surface area (Å²) >= 11 is 0. The van der Waals surface area contributed by atoms with Gasteiger partial charge in [0.15, 0.2) is 0 Å². The number of amides is 1. The van der Waals surface area contributed by atoms with E-state index in [1.54, 1.807) is 0 Å². The van der Waals surface area contributed by atoms with Crippen molar-refractivity contribution < 1.29 is 18.0 Å². The van der Waals surface area contributed by atoms with Crippen molar-refractivity contribution in [3.8, 4) is 0 Å². The van der Waals surface area contributed by atoms with Gasteiger partial charge in [-0.25, -0.2) is 0 Å². The fourth-order valence-electron chi connectivity index (χ4n) is 2.00. The van der Waals surface area contributed by atoms with E-state index < -0.39 is 24.9 Å². The molecule has 0 atom stereocenters. The molecule has 0 saturated carbocycles. The minimum absolute atomic E-state index is 0.445. The molecule has 1 rings (SSSR count). The van der Waals surface area contributed by atoms with Crippen molar-refractivity contribution in [2.24, 2.45) is 0 Å². The number of H-pyrrole nitrogens is 1. The van der Waals surface area contributed by atoms with E-state index in [4.69, 9.17) is 0 Å². The van der Waals surface area contributed by atoms with Crippen molar-refractivity contribution in [2.45, 2.75) is 45.7 Å². The van der Waals surface area contributed by atoms with Crippen LogP contribution in [0.1, 0.15) is 36.2 Å². The number of alkyl halides is 3. The summed E-state index contributed by atoms with van der Waals surface area (Å²) in [4.78, 5) is 12.9. The lowest BCUT2D eigenvalue weighted by atomic mass is 10.1. The van der Waals surface area contributed by atoms with E-state index in [0.717, 1.165) is 23.4 Å². The molecule has 4 nitrogen and oxygen atoms in total. The van der Waals surface area contributed by atoms with Gasteiger partial charge >= 0.3 is 6.18 Å². The summed E-state index contributed by atoms with van der Waals surface area (Å²) in [6.07, 6.45) is -4.36. The van der Waals surface area contributed by atoms with Gasteiger partial charge in [0.05, 0.1) is 12.1 Å². The predicted molar refractivity (Wildman–Crippen MR) is 69.3 cm³/mol. The molecule has 20 heavy (non-hydrogen) atoms. The quantitative estimate of drug-likeness (QED) is 0.876. The van der Waals surface area contributed by atoms with Crippen molar-refractivity contribution >= 4 is 5.91 Å². The van der Waals surface area contributed by atoms with Crippen LogP contribution in [0.5, 0.6) is 0 Å². The minimum Gasteiger partial charge on any atom is -0.346 e. The molecule has 0 aliphatic carbocycles. The van der Waals surface area contributed by atoms with Crippen LogP contribution in [0.15, 0.2) is 0 Å². The third-order valence-electron chi connectivity index (χ3n) is 3.25. The number of aromatic nitrogens is 2. The lowest BCUT2D eigenvalue weighted by Crippen LogP contribution is -2.29. The van der Waals surface area contributed by atoms with Crippen LogP contribution in [-0.2, 0) is 11.2 Å². The first-order valence-electron chi connectivity index (χ1n) is 6.52. The second-order valence-corrected chi connectivity index (χ2v) is 4.95. The van der Waals surface area contributed by atoms with E-state index in [-0.39, 0.29) is 0 Å². The normalized spacial score (nSPS) is 11.7. The number of aromatic amines is 1. The molecule has 0 aromatic carbocycles. The van der Waals surface area contributed by atoms with E-state index in [2.05, 4.69) is 10.2 Å². The first-order chi connectivity index (χ1) is 9.20. The van der Waals surface area contributed by atoms with Crippen molar-refractivity contribution in [3.05, 3.63) is 17.0 Å². The third-order valence-corrected chi connectivity index (χ3v) is 3.25. The van der Waals surface area contributed by atoms with Gasteiger partial charge in [-0.1, -0.05) is 0 Å². The van der Waals surface area contributed by atoms with E-state index in [1.165, 1.54) is 11.9 Å². The predicted octanol–water partition coefficient (Wildman–Crippen LogP) is 2.76. The first-order valence-corrected chi connectivity index (χ1v) is 6.52. The molecule has 0 aliphatic rings. The molecule has 114 valence electrons. The number of carbonyl (C=O) groups excluding carboxylic acids is 1. The molecule has 0 bridgehead atoms. The van der Waals surface area contributed by atoms with E-state index in [1.807, 2.05) is 13.8 Å². The third kappa shape index (κ3) is 5.22. The number of nitrogens with one attached hydrogen (secondary N) is 1. The molecule has 0 spiro atoms. The van der Waals surface area contributed by atoms with Gasteiger partial charge in [0.25, 0.3) is 0 Å². The second kappa shape index (κ2) is 6.76. The molecule has 1 aromatic heterocycles. The number of rotatable bonds is 6. The van der Waals surface area contributed by atoms with Crippen LogP contribution in [-0.4, -0.2) is 40.8 Å². The van der Waals surface area contributed by atoms with Crippen LogP contribution >= 0.6 is 0 Å². The van der Waals surface area contributed by atoms with Gasteiger partial charge in [0.2, 0.25) is 5.91 Å². The SMILES string of the molecule is Cc1n[nH]c(C)c1CCCN(C)C(=O)CCC(F)(F)F. The summed E-state index contributed by atoms with van der Waals surface area (Å²) in [5, 5.41) is 6.95. The van der Waals surface area contributed by atoms with Crippen LogP contribution in [0.3, 0.4) is 0 Å². The number of hydrogen-bond acceptors (Lipinski definition) is 2. The molecule has 0 radical (unpaired) electrons. The number of aryl methyl sites for hydroxylation is 2. The number of nitrogens with zero attached hydrogens (tertiary/aromatic N) is 2. The van der Waals surface area contributed by atoms with E-state index in [0.29, 0.717) is 13.0 Å². The zero-order valence-corrected chi connectivity index (χ0v) is 12.0. The Hall–Kier alpha value is -1.53. The fourth-order valence-corrected chi connectivity index (χ4v) is 2.00. The Bertz CT molecular complexity index is 435. The average Bonchev–Trinajstić information content (AvgIpc) is 2.66. The van der Waals surface area contributed by atoms with Crippen LogP contribution in [0.4, 0.5) is 13.2 Å². The molecule has 1 amide bonds. The highest BCUT2D eigenvalue weighted by Crippen LogP contribution is 2.21. The van der Waals surface area contributed by atoms with Crippen LogP contribution in [0, 0.1) is 13.8 Å². The maximum Gasteiger partial charge on any atom is 0.389 e. The van der Waals surface area contributed by atoms with Gasteiger partial charge < -0.3 is 4.90 Å². The summed E-state index contributed by atoms with van der Waals surface area (Å²) in [7, 11) is 1.54. The minimum atomic E-state index is -4.28. The highest BCUT2D eigenvalue weighted by Gasteiger charge is 2.28. The van der Waals surface area contributed by atoms with Gasteiger partial charge in [-0.2, -0.15) is 18.3 Å². The van der Waals surface area contributed by atoms with Gasteiger partial charge in [0.1, 0.15) is 0 Å². The number of hydrogen-bond donors (Lipinski definition) is 1. The Morgan fingerprint density at radius 3 is 2.50 bits per heavy atom. The van der Waals surface area contributed by atoms with E-state index >= 15 is 0 Å². The Morgan fingerprint density at radius 1 is 1.35 bits per heavy atom. The summed E-state index contributed by atoms with van der Waals surface area (Å²) in [5.41, 5.74) is 3.03. The maximum absolute atomic E-state index is 12.0. The summed E-state index contributed by atoms with van der Waals surface area (Å²) in [6.45, 7) is 4.27. The van der Waals surface area contributed by atoms with Crippen LogP contribution in [0.2, 0.25) is 0 Å². The zero-order chi connectivity index (χ0) is 15.3. The molecule has 0 aliphatic heterocycles. The zero-order valence-electron chi connectivity index (χ0n) is 12.0. The Morgan fingerprint density at radius 2 is 2.00 bits per heavy atom. The largest absolute Gasteiger partial charge is 0.389 e. The average molecular weight is 291 g/mol. The summed E-state index contributed by atoms with van der Waals surface area (Å²) in [5.74, 6) is -0.469. The van der Waals surface area contributed by atoms with Crippen molar-refractivity contribution in [1.82, 2.24) is 15.1 Å². The van der Waals surface area contributed by atoms with E-state index in [9.17, 15) is 18.0 Å². The van der Waals surface area contributed by atoms with Gasteiger partial charge in [-0.15, -0.1) is 0 Å². The highest BCUT2D eigenvalue weighted by atomic mass is 19.4. The first kappa shape index (κ1) is 16.5. The Balaban J connectivity index is 2.33. The van der Waals surface area contributed by atoms with Crippen molar-refractivity contribution in [1.29, 1.82) is 0 Å². The molecule has 1 aromatic rings. The van der Waals surface area contributed by atoms with Crippen molar-refractivity contribution in [3.63, 3.8) is 0 Å². The second-order valence-electron chi connectivity index (χ2n) is 4.95. The highest BCUT2D eigenvalue weighted by molar-refractivity contribution is 5.75. The monoisotopic (exact) mass is 291 g/mol. The molecular weight excluding hydrogens is 271 g/mol.